The fourth-order valence-corrected chi connectivity index (χ4v) is 4.02. The summed E-state index contributed by atoms with van der Waals surface area (Å²) in [7, 11) is 1.88. The second kappa shape index (κ2) is 6.76. The number of rotatable bonds is 2. The molecule has 0 bridgehead atoms. The van der Waals surface area contributed by atoms with Gasteiger partial charge in [-0.25, -0.2) is 0 Å². The predicted molar refractivity (Wildman–Crippen MR) is 119 cm³/mol. The number of halogens is 2. The Labute approximate surface area is 177 Å². The maximum Gasteiger partial charge on any atom is 0.207 e. The van der Waals surface area contributed by atoms with E-state index in [1.165, 1.54) is 0 Å². The molecule has 0 unspecified atom stereocenters. The summed E-state index contributed by atoms with van der Waals surface area (Å²) in [6, 6.07) is 21.5. The molecule has 3 aromatic carbocycles. The highest BCUT2D eigenvalue weighted by Crippen LogP contribution is 2.30. The molecule has 5 rings (SSSR count). The lowest BCUT2D eigenvalue weighted by atomic mass is 10.0. The van der Waals surface area contributed by atoms with Crippen LogP contribution in [0.2, 0.25) is 10.0 Å². The van der Waals surface area contributed by atoms with Gasteiger partial charge >= 0.3 is 0 Å². The van der Waals surface area contributed by atoms with E-state index in [-0.39, 0.29) is 0 Å². The molecular formula is C23H16Cl2N4. The highest BCUT2D eigenvalue weighted by Gasteiger charge is 2.15. The van der Waals surface area contributed by atoms with Gasteiger partial charge in [0.05, 0.1) is 28.4 Å². The lowest BCUT2D eigenvalue weighted by Crippen LogP contribution is -2.21. The average Bonchev–Trinajstić information content (AvgIpc) is 2.99. The molecule has 0 saturated heterocycles. The molecule has 6 heteroatoms. The third kappa shape index (κ3) is 2.92. The largest absolute Gasteiger partial charge is 0.312 e. The van der Waals surface area contributed by atoms with E-state index < -0.39 is 0 Å². The minimum Gasteiger partial charge on any atom is -0.312 e. The summed E-state index contributed by atoms with van der Waals surface area (Å²) in [6.45, 7) is 0. The Bertz CT molecular complexity index is 1450. The third-order valence-corrected chi connectivity index (χ3v) is 5.67. The molecule has 0 aliphatic rings. The Kier molecular flexibility index (Phi) is 4.19. The standard InChI is InChI=1S/C23H16Cl2N4/c1-28-21-13-27-20-10-7-15(14-5-8-16(24)9-6-14)11-19(20)22(21)29(23(28)26)18-4-2-3-17(25)12-18/h2-13,26H,1H3. The molecular weight excluding hydrogens is 403 g/mol. The van der Waals surface area contributed by atoms with Crippen molar-refractivity contribution in [2.24, 2.45) is 7.05 Å². The molecule has 0 amide bonds. The first-order valence-electron chi connectivity index (χ1n) is 9.09. The third-order valence-electron chi connectivity index (χ3n) is 5.18. The Morgan fingerprint density at radius 2 is 1.62 bits per heavy atom. The summed E-state index contributed by atoms with van der Waals surface area (Å²) in [5.74, 6) is 0. The van der Waals surface area contributed by atoms with Crippen molar-refractivity contribution in [3.8, 4) is 16.8 Å². The van der Waals surface area contributed by atoms with Crippen LogP contribution in [0.1, 0.15) is 0 Å². The van der Waals surface area contributed by atoms with E-state index in [1.807, 2.05) is 77.0 Å². The van der Waals surface area contributed by atoms with Crippen LogP contribution in [0.4, 0.5) is 0 Å². The van der Waals surface area contributed by atoms with Gasteiger partial charge in [-0.1, -0.05) is 47.5 Å². The lowest BCUT2D eigenvalue weighted by Gasteiger charge is -2.09. The molecule has 142 valence electrons. The lowest BCUT2D eigenvalue weighted by molar-refractivity contribution is 0.788. The van der Waals surface area contributed by atoms with Gasteiger partial charge in [-0.3, -0.25) is 15.0 Å². The summed E-state index contributed by atoms with van der Waals surface area (Å²) in [5.41, 5.74) is 6.03. The molecule has 0 radical (unpaired) electrons. The number of imidazole rings is 1. The van der Waals surface area contributed by atoms with E-state index in [0.29, 0.717) is 15.7 Å². The summed E-state index contributed by atoms with van der Waals surface area (Å²) in [6.07, 6.45) is 1.82. The van der Waals surface area contributed by atoms with Crippen molar-refractivity contribution < 1.29 is 0 Å². The molecule has 1 N–H and O–H groups in total. The molecule has 2 aromatic heterocycles. The minimum atomic E-state index is 0.355. The second-order valence-corrected chi connectivity index (χ2v) is 7.80. The zero-order chi connectivity index (χ0) is 20.1. The van der Waals surface area contributed by atoms with Gasteiger partial charge in [0.25, 0.3) is 0 Å². The number of hydrogen-bond acceptors (Lipinski definition) is 2. The van der Waals surface area contributed by atoms with E-state index >= 15 is 0 Å². The van der Waals surface area contributed by atoms with Crippen LogP contribution in [-0.2, 0) is 7.05 Å². The summed E-state index contributed by atoms with van der Waals surface area (Å²) >= 11 is 12.3. The Hall–Kier alpha value is -3.08. The molecule has 0 spiro atoms. The van der Waals surface area contributed by atoms with Gasteiger partial charge in [0.2, 0.25) is 5.62 Å². The van der Waals surface area contributed by atoms with Crippen molar-refractivity contribution in [2.75, 3.05) is 0 Å². The normalized spacial score (nSPS) is 11.4. The van der Waals surface area contributed by atoms with E-state index in [0.717, 1.165) is 38.8 Å². The van der Waals surface area contributed by atoms with Crippen LogP contribution in [0.25, 0.3) is 38.8 Å². The van der Waals surface area contributed by atoms with Crippen LogP contribution in [0, 0.1) is 5.41 Å². The van der Waals surface area contributed by atoms with Crippen LogP contribution in [-0.4, -0.2) is 14.1 Å². The van der Waals surface area contributed by atoms with Gasteiger partial charge in [-0.2, -0.15) is 0 Å². The number of aromatic nitrogens is 3. The van der Waals surface area contributed by atoms with Crippen molar-refractivity contribution in [1.29, 1.82) is 5.41 Å². The van der Waals surface area contributed by atoms with Crippen molar-refractivity contribution in [3.63, 3.8) is 0 Å². The van der Waals surface area contributed by atoms with Gasteiger partial charge in [0, 0.05) is 22.5 Å². The van der Waals surface area contributed by atoms with Crippen LogP contribution < -0.4 is 5.62 Å². The molecule has 0 aliphatic carbocycles. The van der Waals surface area contributed by atoms with E-state index in [9.17, 15) is 0 Å². The number of nitrogens with zero attached hydrogens (tertiary/aromatic N) is 3. The van der Waals surface area contributed by atoms with Gasteiger partial charge in [0.1, 0.15) is 0 Å². The van der Waals surface area contributed by atoms with E-state index in [4.69, 9.17) is 28.6 Å². The fourth-order valence-electron chi connectivity index (χ4n) is 3.71. The highest BCUT2D eigenvalue weighted by molar-refractivity contribution is 6.31. The molecule has 29 heavy (non-hydrogen) atoms. The van der Waals surface area contributed by atoms with Gasteiger partial charge in [-0.05, 0) is 53.6 Å². The predicted octanol–water partition coefficient (Wildman–Crippen LogP) is 5.97. The van der Waals surface area contributed by atoms with Crippen LogP contribution >= 0.6 is 23.2 Å². The number of benzene rings is 3. The van der Waals surface area contributed by atoms with Crippen molar-refractivity contribution in [1.82, 2.24) is 14.1 Å². The molecule has 4 nitrogen and oxygen atoms in total. The van der Waals surface area contributed by atoms with Crippen molar-refractivity contribution in [2.45, 2.75) is 0 Å². The molecule has 0 fully saturated rings. The van der Waals surface area contributed by atoms with E-state index in [2.05, 4.69) is 17.1 Å². The first-order chi connectivity index (χ1) is 14.0. The van der Waals surface area contributed by atoms with Crippen LogP contribution in [0.3, 0.4) is 0 Å². The maximum absolute atomic E-state index is 8.69. The Morgan fingerprint density at radius 1 is 0.862 bits per heavy atom. The zero-order valence-corrected chi connectivity index (χ0v) is 17.0. The first kappa shape index (κ1) is 18.0. The van der Waals surface area contributed by atoms with Crippen LogP contribution in [0.5, 0.6) is 0 Å². The summed E-state index contributed by atoms with van der Waals surface area (Å²) in [5, 5.41) is 11.0. The van der Waals surface area contributed by atoms with Crippen molar-refractivity contribution in [3.05, 3.63) is 88.6 Å². The van der Waals surface area contributed by atoms with Gasteiger partial charge < -0.3 is 4.57 Å². The number of aryl methyl sites for hydroxylation is 1. The highest BCUT2D eigenvalue weighted by atomic mass is 35.5. The summed E-state index contributed by atoms with van der Waals surface area (Å²) in [4.78, 5) is 4.62. The van der Waals surface area contributed by atoms with Crippen molar-refractivity contribution >= 4 is 45.1 Å². The second-order valence-electron chi connectivity index (χ2n) is 6.93. The Balaban J connectivity index is 1.88. The molecule has 2 heterocycles. The zero-order valence-electron chi connectivity index (χ0n) is 15.5. The molecule has 0 saturated carbocycles. The SMILES string of the molecule is Cn1c(=N)n(-c2cccc(Cl)c2)c2c3cc(-c4ccc(Cl)cc4)ccc3ncc21. The average molecular weight is 419 g/mol. The van der Waals surface area contributed by atoms with E-state index in [1.54, 1.807) is 0 Å². The maximum atomic E-state index is 8.69. The number of fused-ring (bicyclic) bond motifs is 3. The first-order valence-corrected chi connectivity index (χ1v) is 9.85. The summed E-state index contributed by atoms with van der Waals surface area (Å²) < 4.78 is 3.74. The molecule has 0 atom stereocenters. The quantitative estimate of drug-likeness (QED) is 0.377. The molecule has 5 aromatic rings. The van der Waals surface area contributed by atoms with Gasteiger partial charge in [0.15, 0.2) is 0 Å². The minimum absolute atomic E-state index is 0.355. The monoisotopic (exact) mass is 418 g/mol. The molecule has 0 aliphatic heterocycles. The number of pyridine rings is 1. The van der Waals surface area contributed by atoms with Crippen LogP contribution in [0.15, 0.2) is 72.9 Å². The smallest absolute Gasteiger partial charge is 0.207 e. The number of hydrogen-bond donors (Lipinski definition) is 1. The number of nitrogens with one attached hydrogen (secondary N) is 1. The Morgan fingerprint density at radius 3 is 2.38 bits per heavy atom. The van der Waals surface area contributed by atoms with Gasteiger partial charge in [-0.15, -0.1) is 0 Å². The topological polar surface area (TPSA) is 46.6 Å². The fraction of sp³-hybridized carbons (Fsp3) is 0.0435.